The Bertz CT molecular complexity index is 719. The van der Waals surface area contributed by atoms with Crippen LogP contribution in [0.1, 0.15) is 33.1 Å². The minimum Gasteiger partial charge on any atom is -0.490 e. The number of aliphatic hydroxyl groups is 1. The van der Waals surface area contributed by atoms with Gasteiger partial charge >= 0.3 is 0 Å². The minimum atomic E-state index is -0.954. The van der Waals surface area contributed by atoms with Crippen molar-refractivity contribution in [2.24, 2.45) is 0 Å². The average Bonchev–Trinajstić information content (AvgIpc) is 3.22. The number of aliphatic hydroxyl groups excluding tert-OH is 1. The van der Waals surface area contributed by atoms with E-state index < -0.39 is 11.6 Å². The van der Waals surface area contributed by atoms with E-state index in [1.165, 1.54) is 17.4 Å². The first-order chi connectivity index (χ1) is 13.6. The van der Waals surface area contributed by atoms with E-state index >= 15 is 0 Å². The molecule has 28 heavy (non-hydrogen) atoms. The van der Waals surface area contributed by atoms with Gasteiger partial charge in [-0.15, -0.1) is 11.3 Å². The summed E-state index contributed by atoms with van der Waals surface area (Å²) in [5, 5.41) is 10.6. The molecule has 1 saturated heterocycles. The Morgan fingerprint density at radius 2 is 1.93 bits per heavy atom. The average molecular weight is 415 g/mol. The normalized spacial score (nSPS) is 13.8. The molecule has 8 heteroatoms. The number of ether oxygens (including phenoxy) is 2. The summed E-state index contributed by atoms with van der Waals surface area (Å²) in [6, 6.07) is 2.64. The van der Waals surface area contributed by atoms with Gasteiger partial charge in [0, 0.05) is 30.6 Å². The molecule has 0 spiro atoms. The minimum absolute atomic E-state index is 0.0534. The van der Waals surface area contributed by atoms with Gasteiger partial charge in [0.05, 0.1) is 25.5 Å². The monoisotopic (exact) mass is 414 g/mol. The van der Waals surface area contributed by atoms with Crippen LogP contribution >= 0.6 is 11.3 Å². The van der Waals surface area contributed by atoms with Crippen LogP contribution in [0.15, 0.2) is 17.5 Å². The Morgan fingerprint density at radius 3 is 2.57 bits per heavy atom. The third-order valence-electron chi connectivity index (χ3n) is 4.07. The molecule has 0 aliphatic carbocycles. The highest BCUT2D eigenvalue weighted by molar-refractivity contribution is 7.14. The first-order valence-corrected chi connectivity index (χ1v) is 10.5. The molecule has 0 radical (unpaired) electrons. The van der Waals surface area contributed by atoms with Crippen LogP contribution in [0.2, 0.25) is 0 Å². The molecule has 2 aromatic rings. The van der Waals surface area contributed by atoms with Crippen molar-refractivity contribution in [3.05, 3.63) is 29.1 Å². The molecule has 0 unspecified atom stereocenters. The Kier molecular flexibility index (Phi) is 9.60. The van der Waals surface area contributed by atoms with Crippen molar-refractivity contribution in [3.63, 3.8) is 0 Å². The predicted molar refractivity (Wildman–Crippen MR) is 108 cm³/mol. The van der Waals surface area contributed by atoms with Crippen molar-refractivity contribution < 1.29 is 23.4 Å². The van der Waals surface area contributed by atoms with Gasteiger partial charge in [-0.05, 0) is 25.0 Å². The lowest BCUT2D eigenvalue weighted by molar-refractivity contribution is 0.122. The molecule has 5 nitrogen and oxygen atoms in total. The summed E-state index contributed by atoms with van der Waals surface area (Å²) in [6.07, 6.45) is 2.58. The summed E-state index contributed by atoms with van der Waals surface area (Å²) in [6.45, 7) is 7.53. The zero-order valence-electron chi connectivity index (χ0n) is 16.4. The molecule has 0 atom stereocenters. The van der Waals surface area contributed by atoms with E-state index in [2.05, 4.69) is 9.88 Å². The number of halogens is 2. The molecular weight excluding hydrogens is 386 g/mol. The van der Waals surface area contributed by atoms with Crippen LogP contribution in [0, 0.1) is 11.6 Å². The number of nitrogens with zero attached hydrogens (tertiary/aromatic N) is 2. The van der Waals surface area contributed by atoms with Gasteiger partial charge in [-0.25, -0.2) is 9.37 Å². The highest BCUT2D eigenvalue weighted by Crippen LogP contribution is 2.36. The van der Waals surface area contributed by atoms with Crippen molar-refractivity contribution >= 4 is 16.5 Å². The Morgan fingerprint density at radius 1 is 1.21 bits per heavy atom. The second-order valence-electron chi connectivity index (χ2n) is 6.28. The van der Waals surface area contributed by atoms with Crippen LogP contribution < -0.4 is 9.64 Å². The molecule has 2 heterocycles. The number of hydrogen-bond acceptors (Lipinski definition) is 6. The summed E-state index contributed by atoms with van der Waals surface area (Å²) in [5.74, 6) is -1.92. The number of rotatable bonds is 7. The smallest absolute Gasteiger partial charge is 0.201 e. The Labute approximate surface area is 168 Å². The highest BCUT2D eigenvalue weighted by Gasteiger charge is 2.20. The Hall–Kier alpha value is -1.77. The third kappa shape index (κ3) is 6.12. The number of aromatic nitrogens is 1. The van der Waals surface area contributed by atoms with Crippen molar-refractivity contribution in [2.45, 2.75) is 33.1 Å². The zero-order valence-corrected chi connectivity index (χ0v) is 17.2. The van der Waals surface area contributed by atoms with Crippen molar-refractivity contribution in [1.29, 1.82) is 0 Å². The van der Waals surface area contributed by atoms with Gasteiger partial charge in [0.15, 0.2) is 16.7 Å². The van der Waals surface area contributed by atoms with E-state index in [-0.39, 0.29) is 5.75 Å². The largest absolute Gasteiger partial charge is 0.490 e. The van der Waals surface area contributed by atoms with E-state index in [0.717, 1.165) is 43.5 Å². The molecule has 1 aliphatic heterocycles. The first kappa shape index (κ1) is 22.5. The maximum absolute atomic E-state index is 14.2. The van der Waals surface area contributed by atoms with E-state index in [1.807, 2.05) is 19.2 Å². The SMILES string of the molecule is CCCCOc1c(-c2csc(N3CCOCC3)n2)ccc(F)c1F.CCCO. The summed E-state index contributed by atoms with van der Waals surface area (Å²) in [4.78, 5) is 6.72. The number of unbranched alkanes of at least 4 members (excludes halogenated alkanes) is 1. The second kappa shape index (κ2) is 11.9. The zero-order chi connectivity index (χ0) is 20.4. The van der Waals surface area contributed by atoms with Gasteiger partial charge in [-0.2, -0.15) is 4.39 Å². The molecule has 156 valence electrons. The fourth-order valence-electron chi connectivity index (χ4n) is 2.48. The van der Waals surface area contributed by atoms with Gasteiger partial charge in [0.25, 0.3) is 0 Å². The lowest BCUT2D eigenvalue weighted by Gasteiger charge is -2.26. The molecule has 0 bridgehead atoms. The van der Waals surface area contributed by atoms with Gasteiger partial charge in [-0.1, -0.05) is 20.3 Å². The van der Waals surface area contributed by atoms with Crippen LogP contribution in [0.5, 0.6) is 5.75 Å². The molecule has 1 aliphatic rings. The maximum Gasteiger partial charge on any atom is 0.201 e. The van der Waals surface area contributed by atoms with Crippen molar-refractivity contribution in [3.8, 4) is 17.0 Å². The van der Waals surface area contributed by atoms with Gasteiger partial charge in [0.1, 0.15) is 0 Å². The Balaban J connectivity index is 0.000000640. The van der Waals surface area contributed by atoms with Gasteiger partial charge in [0.2, 0.25) is 5.82 Å². The van der Waals surface area contributed by atoms with Crippen LogP contribution in [0.25, 0.3) is 11.3 Å². The van der Waals surface area contributed by atoms with Crippen molar-refractivity contribution in [2.75, 3.05) is 44.4 Å². The number of benzene rings is 1. The molecule has 1 aromatic heterocycles. The molecular formula is C20H28F2N2O3S. The van der Waals surface area contributed by atoms with Gasteiger partial charge in [-0.3, -0.25) is 0 Å². The van der Waals surface area contributed by atoms with Crippen LogP contribution in [-0.2, 0) is 4.74 Å². The number of thiazole rings is 1. The molecule has 1 N–H and O–H groups in total. The molecule has 1 fully saturated rings. The molecule has 0 saturated carbocycles. The summed E-state index contributed by atoms with van der Waals surface area (Å²) in [7, 11) is 0. The number of morpholine rings is 1. The van der Waals surface area contributed by atoms with E-state index in [4.69, 9.17) is 14.6 Å². The van der Waals surface area contributed by atoms with E-state index in [1.54, 1.807) is 0 Å². The summed E-state index contributed by atoms with van der Waals surface area (Å²) < 4.78 is 38.6. The topological polar surface area (TPSA) is 54.8 Å². The summed E-state index contributed by atoms with van der Waals surface area (Å²) in [5.41, 5.74) is 1.09. The molecule has 0 amide bonds. The molecule has 1 aromatic carbocycles. The lowest BCUT2D eigenvalue weighted by atomic mass is 10.1. The fourth-order valence-corrected chi connectivity index (χ4v) is 3.36. The second-order valence-corrected chi connectivity index (χ2v) is 7.11. The predicted octanol–water partition coefficient (Wildman–Crippen LogP) is 4.49. The highest BCUT2D eigenvalue weighted by atomic mass is 32.1. The number of anilines is 1. The lowest BCUT2D eigenvalue weighted by Crippen LogP contribution is -2.36. The first-order valence-electron chi connectivity index (χ1n) is 9.62. The number of hydrogen-bond donors (Lipinski definition) is 1. The summed E-state index contributed by atoms with van der Waals surface area (Å²) >= 11 is 1.49. The van der Waals surface area contributed by atoms with Crippen molar-refractivity contribution in [1.82, 2.24) is 4.98 Å². The van der Waals surface area contributed by atoms with E-state index in [0.29, 0.717) is 37.7 Å². The van der Waals surface area contributed by atoms with Crippen LogP contribution in [0.3, 0.4) is 0 Å². The van der Waals surface area contributed by atoms with Gasteiger partial charge < -0.3 is 19.5 Å². The molecule has 3 rings (SSSR count). The quantitative estimate of drug-likeness (QED) is 0.677. The maximum atomic E-state index is 14.2. The van der Waals surface area contributed by atoms with E-state index in [9.17, 15) is 8.78 Å². The van der Waals surface area contributed by atoms with Crippen LogP contribution in [-0.4, -0.2) is 49.6 Å². The third-order valence-corrected chi connectivity index (χ3v) is 4.97. The standard InChI is InChI=1S/C17H20F2N2O2S.C3H8O/c1-2-3-8-23-16-12(4-5-13(18)15(16)19)14-11-24-17(20-14)21-6-9-22-10-7-21;1-2-3-4/h4-5,11H,2-3,6-10H2,1H3;4H,2-3H2,1H3. The fraction of sp³-hybridized carbons (Fsp3) is 0.550. The van der Waals surface area contributed by atoms with Crippen LogP contribution in [0.4, 0.5) is 13.9 Å².